The lowest BCUT2D eigenvalue weighted by atomic mass is 9.69. The highest BCUT2D eigenvalue weighted by molar-refractivity contribution is 6.12. The first-order valence-electron chi connectivity index (χ1n) is 12.9. The number of Topliss-reactive ketones (excluding diaryl/α,β-unsaturated/α-hetero) is 1. The molecule has 0 radical (unpaired) electrons. The molecule has 0 amide bonds. The quantitative estimate of drug-likeness (QED) is 0.509. The summed E-state index contributed by atoms with van der Waals surface area (Å²) in [6.45, 7) is 0. The number of allylic oxidation sites excluding steroid dienone is 3. The number of methoxy groups -OCH3 is 2. The first-order valence-corrected chi connectivity index (χ1v) is 12.9. The lowest BCUT2D eigenvalue weighted by molar-refractivity contribution is -0.115. The molecule has 2 aliphatic heterocycles. The Hall–Kier alpha value is -4.61. The Morgan fingerprint density at radius 1 is 0.846 bits per heavy atom. The highest BCUT2D eigenvalue weighted by atomic mass is 16.5. The van der Waals surface area contributed by atoms with Gasteiger partial charge in [-0.3, -0.25) is 4.79 Å². The fourth-order valence-electron chi connectivity index (χ4n) is 6.13. The number of ether oxygens (including phenoxy) is 4. The molecule has 1 unspecified atom stereocenters. The Morgan fingerprint density at radius 3 is 2.13 bits per heavy atom. The van der Waals surface area contributed by atoms with Crippen molar-refractivity contribution in [2.75, 3.05) is 14.2 Å². The molecule has 0 saturated heterocycles. The monoisotopic (exact) mass is 514 g/mol. The second-order valence-corrected chi connectivity index (χ2v) is 9.81. The van der Waals surface area contributed by atoms with E-state index in [9.17, 15) is 4.79 Å². The van der Waals surface area contributed by atoms with Crippen LogP contribution in [0.3, 0.4) is 0 Å². The highest BCUT2D eigenvalue weighted by Crippen LogP contribution is 2.53. The molecule has 7 rings (SSSR count). The van der Waals surface area contributed by atoms with Crippen LogP contribution in [0.25, 0.3) is 11.3 Å². The molecule has 0 aromatic heterocycles. The van der Waals surface area contributed by atoms with E-state index in [-0.39, 0.29) is 5.78 Å². The van der Waals surface area contributed by atoms with Crippen molar-refractivity contribution in [1.29, 1.82) is 0 Å². The fourth-order valence-corrected chi connectivity index (χ4v) is 6.13. The van der Waals surface area contributed by atoms with Crippen LogP contribution in [0, 0.1) is 0 Å². The van der Waals surface area contributed by atoms with Crippen LogP contribution < -0.4 is 19.9 Å². The first-order chi connectivity index (χ1) is 19.2. The Balaban J connectivity index is 1.62. The highest BCUT2D eigenvalue weighted by Gasteiger charge is 2.51. The van der Waals surface area contributed by atoms with Crippen LogP contribution in [0.1, 0.15) is 17.5 Å². The molecule has 0 spiro atoms. The van der Waals surface area contributed by atoms with Crippen molar-refractivity contribution in [3.63, 3.8) is 0 Å². The van der Waals surface area contributed by atoms with E-state index in [1.165, 1.54) is 0 Å². The van der Waals surface area contributed by atoms with Gasteiger partial charge >= 0.3 is 0 Å². The van der Waals surface area contributed by atoms with E-state index in [0.717, 1.165) is 55.5 Å². The van der Waals surface area contributed by atoms with E-state index >= 15 is 0 Å². The van der Waals surface area contributed by atoms with Crippen molar-refractivity contribution in [1.82, 2.24) is 0 Å². The number of rotatable bonds is 4. The zero-order chi connectivity index (χ0) is 26.6. The third-order valence-electron chi connectivity index (χ3n) is 7.88. The summed E-state index contributed by atoms with van der Waals surface area (Å²) in [7, 11) is 3.30. The van der Waals surface area contributed by atoms with Gasteiger partial charge in [-0.1, -0.05) is 60.7 Å². The van der Waals surface area contributed by atoms with E-state index in [1.54, 1.807) is 20.5 Å². The molecule has 0 N–H and O–H groups in total. The van der Waals surface area contributed by atoms with Crippen molar-refractivity contribution < 1.29 is 23.7 Å². The SMILES string of the molecule is COc1ccc(C2(c3ccc(OC)cc3)OC3C4=CC=COC4=c4ccccc4=C3C3=C2C=CCC3=O)cc1. The smallest absolute Gasteiger partial charge is 0.167 e. The fraction of sp³-hybridized carbons (Fsp3) is 0.147. The van der Waals surface area contributed by atoms with E-state index in [0.29, 0.717) is 12.0 Å². The molecular formula is C34H26O5. The number of hydrogen-bond donors (Lipinski definition) is 0. The number of carbonyl (C=O) groups excluding carboxylic acids is 1. The van der Waals surface area contributed by atoms with Gasteiger partial charge in [0.25, 0.3) is 0 Å². The average Bonchev–Trinajstić information content (AvgIpc) is 3.01. The van der Waals surface area contributed by atoms with E-state index in [4.69, 9.17) is 18.9 Å². The van der Waals surface area contributed by atoms with Crippen LogP contribution in [0.4, 0.5) is 0 Å². The van der Waals surface area contributed by atoms with Crippen molar-refractivity contribution in [2.45, 2.75) is 18.1 Å². The molecular weight excluding hydrogens is 488 g/mol. The molecule has 0 saturated carbocycles. The minimum Gasteiger partial charge on any atom is -0.497 e. The van der Waals surface area contributed by atoms with Crippen LogP contribution in [-0.4, -0.2) is 26.1 Å². The number of benzene rings is 3. The van der Waals surface area contributed by atoms with Crippen molar-refractivity contribution in [2.24, 2.45) is 0 Å². The van der Waals surface area contributed by atoms with E-state index in [2.05, 4.69) is 12.1 Å². The number of ketones is 1. The summed E-state index contributed by atoms with van der Waals surface area (Å²) in [5.74, 6) is 2.31. The lowest BCUT2D eigenvalue weighted by Gasteiger charge is -2.47. The number of fused-ring (bicyclic) bond motifs is 5. The zero-order valence-corrected chi connectivity index (χ0v) is 21.6. The second kappa shape index (κ2) is 9.00. The maximum atomic E-state index is 13.9. The summed E-state index contributed by atoms with van der Waals surface area (Å²) in [4.78, 5) is 13.9. The van der Waals surface area contributed by atoms with E-state index < -0.39 is 11.7 Å². The van der Waals surface area contributed by atoms with E-state index in [1.807, 2.05) is 85.0 Å². The molecule has 2 aliphatic carbocycles. The minimum absolute atomic E-state index is 0.0771. The standard InChI is InChI=1S/C34H26O5/c1-36-23-16-12-21(13-17-23)34(22-14-18-24(37-2)19-15-22)28-10-5-11-29(35)31(28)30-25-7-3-4-8-26(25)32-27(33(30)39-34)9-6-20-38-32/h3-10,12-20,33H,11H2,1-2H3. The topological polar surface area (TPSA) is 54.0 Å². The summed E-state index contributed by atoms with van der Waals surface area (Å²) in [6, 6.07) is 23.8. The molecule has 192 valence electrons. The maximum absolute atomic E-state index is 13.9. The minimum atomic E-state index is -1.08. The van der Waals surface area contributed by atoms with Gasteiger partial charge in [0, 0.05) is 33.9 Å². The molecule has 2 heterocycles. The molecule has 5 heteroatoms. The third kappa shape index (κ3) is 3.40. The molecule has 0 fully saturated rings. The van der Waals surface area contributed by atoms with Crippen molar-refractivity contribution >= 4 is 17.1 Å². The summed E-state index contributed by atoms with van der Waals surface area (Å²) in [5.41, 5.74) is 4.04. The van der Waals surface area contributed by atoms with Gasteiger partial charge in [0.05, 0.1) is 20.5 Å². The molecule has 3 aromatic carbocycles. The third-order valence-corrected chi connectivity index (χ3v) is 7.88. The predicted molar refractivity (Wildman–Crippen MR) is 148 cm³/mol. The summed E-state index contributed by atoms with van der Waals surface area (Å²) in [5, 5.41) is 1.91. The Morgan fingerprint density at radius 2 is 1.49 bits per heavy atom. The Kier molecular flexibility index (Phi) is 5.42. The summed E-state index contributed by atoms with van der Waals surface area (Å²) >= 11 is 0. The maximum Gasteiger partial charge on any atom is 0.167 e. The second-order valence-electron chi connectivity index (χ2n) is 9.81. The molecule has 5 nitrogen and oxygen atoms in total. The van der Waals surface area contributed by atoms with Gasteiger partial charge < -0.3 is 18.9 Å². The molecule has 4 aliphatic rings. The molecule has 1 atom stereocenters. The molecule has 39 heavy (non-hydrogen) atoms. The average molecular weight is 515 g/mol. The van der Waals surface area contributed by atoms with Crippen molar-refractivity contribution in [3.05, 3.63) is 142 Å². The summed E-state index contributed by atoms with van der Waals surface area (Å²) in [6.07, 6.45) is 9.39. The number of hydrogen-bond acceptors (Lipinski definition) is 5. The van der Waals surface area contributed by atoms with Gasteiger partial charge in [0.1, 0.15) is 29.0 Å². The van der Waals surface area contributed by atoms with Crippen LogP contribution in [0.15, 0.2) is 120 Å². The largest absolute Gasteiger partial charge is 0.497 e. The number of carbonyl (C=O) groups is 1. The first kappa shape index (κ1) is 23.5. The summed E-state index contributed by atoms with van der Waals surface area (Å²) < 4.78 is 24.4. The van der Waals surface area contributed by atoms with Gasteiger partial charge in [0.2, 0.25) is 0 Å². The molecule has 0 bridgehead atoms. The predicted octanol–water partition coefficient (Wildman–Crippen LogP) is 4.61. The van der Waals surface area contributed by atoms with Gasteiger partial charge in [0.15, 0.2) is 5.78 Å². The lowest BCUT2D eigenvalue weighted by Crippen LogP contribution is -2.50. The normalized spacial score (nSPS) is 20.3. The van der Waals surface area contributed by atoms with Gasteiger partial charge in [-0.05, 0) is 52.8 Å². The van der Waals surface area contributed by atoms with Crippen molar-refractivity contribution in [3.8, 4) is 11.5 Å². The van der Waals surface area contributed by atoms with Crippen LogP contribution in [-0.2, 0) is 19.9 Å². The van der Waals surface area contributed by atoms with Crippen LogP contribution in [0.2, 0.25) is 0 Å². The van der Waals surface area contributed by atoms with Gasteiger partial charge in [-0.25, -0.2) is 0 Å². The van der Waals surface area contributed by atoms with Gasteiger partial charge in [-0.15, -0.1) is 0 Å². The van der Waals surface area contributed by atoms with Crippen LogP contribution >= 0.6 is 0 Å². The Labute approximate surface area is 226 Å². The zero-order valence-electron chi connectivity index (χ0n) is 21.6. The van der Waals surface area contributed by atoms with Gasteiger partial charge in [-0.2, -0.15) is 0 Å². The van der Waals surface area contributed by atoms with Crippen LogP contribution in [0.5, 0.6) is 11.5 Å². The Bertz CT molecular complexity index is 1700. The molecule has 3 aromatic rings.